The van der Waals surface area contributed by atoms with Gasteiger partial charge in [-0.05, 0) is 44.6 Å². The van der Waals surface area contributed by atoms with Gasteiger partial charge in [-0.15, -0.1) is 0 Å². The molecule has 3 aliphatic rings. The van der Waals surface area contributed by atoms with Crippen LogP contribution in [0.1, 0.15) is 44.9 Å². The molecule has 3 rings (SSSR count). The molecule has 1 spiro atoms. The Morgan fingerprint density at radius 2 is 1.95 bits per heavy atom. The summed E-state index contributed by atoms with van der Waals surface area (Å²) in [6.07, 6.45) is 8.60. The third kappa shape index (κ3) is 3.13. The second-order valence-corrected chi connectivity index (χ2v) is 6.36. The van der Waals surface area contributed by atoms with Gasteiger partial charge in [-0.25, -0.2) is 0 Å². The molecule has 2 aliphatic heterocycles. The van der Waals surface area contributed by atoms with Crippen molar-refractivity contribution in [2.24, 2.45) is 11.7 Å². The Morgan fingerprint density at radius 1 is 1.11 bits per heavy atom. The van der Waals surface area contributed by atoms with Crippen LogP contribution in [0.25, 0.3) is 0 Å². The van der Waals surface area contributed by atoms with Crippen LogP contribution in [0.5, 0.6) is 0 Å². The number of nitrogens with two attached hydrogens (primary N) is 1. The van der Waals surface area contributed by atoms with E-state index in [-0.39, 0.29) is 5.60 Å². The normalized spacial score (nSPS) is 38.7. The van der Waals surface area contributed by atoms with Gasteiger partial charge in [0.1, 0.15) is 0 Å². The highest BCUT2D eigenvalue weighted by atomic mass is 16.5. The lowest BCUT2D eigenvalue weighted by Gasteiger charge is -2.44. The first-order valence-corrected chi connectivity index (χ1v) is 7.89. The fourth-order valence-electron chi connectivity index (χ4n) is 3.89. The third-order valence-corrected chi connectivity index (χ3v) is 5.11. The number of hydrogen-bond donors (Lipinski definition) is 1. The minimum Gasteiger partial charge on any atom is -0.381 e. The predicted molar refractivity (Wildman–Crippen MR) is 73.0 cm³/mol. The van der Waals surface area contributed by atoms with Crippen molar-refractivity contribution >= 4 is 0 Å². The zero-order chi connectivity index (χ0) is 13.1. The molecular weight excluding hydrogens is 242 g/mol. The van der Waals surface area contributed by atoms with Gasteiger partial charge in [0.05, 0.1) is 17.8 Å². The molecule has 0 aromatic heterocycles. The zero-order valence-corrected chi connectivity index (χ0v) is 11.8. The summed E-state index contributed by atoms with van der Waals surface area (Å²) in [5.41, 5.74) is 5.88. The first-order chi connectivity index (χ1) is 9.31. The van der Waals surface area contributed by atoms with Gasteiger partial charge in [0.25, 0.3) is 0 Å². The SMILES string of the molecule is NCC1CCCC1OC1CCOC2(CCOCC2)C1. The Hall–Kier alpha value is -0.160. The number of hydrogen-bond acceptors (Lipinski definition) is 4. The van der Waals surface area contributed by atoms with E-state index in [0.717, 1.165) is 52.0 Å². The van der Waals surface area contributed by atoms with Crippen molar-refractivity contribution in [3.8, 4) is 0 Å². The van der Waals surface area contributed by atoms with Crippen LogP contribution in [0.2, 0.25) is 0 Å². The lowest BCUT2D eigenvalue weighted by atomic mass is 9.85. The van der Waals surface area contributed by atoms with E-state index in [1.165, 1.54) is 19.3 Å². The van der Waals surface area contributed by atoms with E-state index in [0.29, 0.717) is 18.1 Å². The van der Waals surface area contributed by atoms with Crippen LogP contribution in [0.3, 0.4) is 0 Å². The van der Waals surface area contributed by atoms with Gasteiger partial charge in [-0.2, -0.15) is 0 Å². The van der Waals surface area contributed by atoms with E-state index < -0.39 is 0 Å². The number of rotatable bonds is 3. The summed E-state index contributed by atoms with van der Waals surface area (Å²) >= 11 is 0. The average Bonchev–Trinajstić information content (AvgIpc) is 2.87. The lowest BCUT2D eigenvalue weighted by molar-refractivity contribution is -0.180. The molecule has 0 amide bonds. The van der Waals surface area contributed by atoms with Gasteiger partial charge in [0.2, 0.25) is 0 Å². The third-order valence-electron chi connectivity index (χ3n) is 5.11. The molecule has 3 fully saturated rings. The predicted octanol–water partition coefficient (Wildman–Crippen LogP) is 1.86. The molecule has 4 heteroatoms. The molecule has 110 valence electrons. The Bertz CT molecular complexity index is 286. The highest BCUT2D eigenvalue weighted by Gasteiger charge is 2.41. The highest BCUT2D eigenvalue weighted by molar-refractivity contribution is 4.91. The molecule has 2 saturated heterocycles. The highest BCUT2D eigenvalue weighted by Crippen LogP contribution is 2.37. The zero-order valence-electron chi connectivity index (χ0n) is 11.8. The Balaban J connectivity index is 1.56. The van der Waals surface area contributed by atoms with Crippen LogP contribution in [-0.4, -0.2) is 44.2 Å². The Labute approximate surface area is 116 Å². The van der Waals surface area contributed by atoms with Crippen LogP contribution in [0.4, 0.5) is 0 Å². The topological polar surface area (TPSA) is 53.7 Å². The summed E-state index contributed by atoms with van der Waals surface area (Å²) < 4.78 is 17.9. The van der Waals surface area contributed by atoms with Crippen molar-refractivity contribution < 1.29 is 14.2 Å². The maximum absolute atomic E-state index is 6.38. The summed E-state index contributed by atoms with van der Waals surface area (Å²) in [4.78, 5) is 0. The molecule has 0 radical (unpaired) electrons. The van der Waals surface area contributed by atoms with Gasteiger partial charge >= 0.3 is 0 Å². The van der Waals surface area contributed by atoms with Crippen molar-refractivity contribution in [1.82, 2.24) is 0 Å². The van der Waals surface area contributed by atoms with Crippen molar-refractivity contribution in [2.75, 3.05) is 26.4 Å². The fourth-order valence-corrected chi connectivity index (χ4v) is 3.89. The lowest BCUT2D eigenvalue weighted by Crippen LogP contribution is -2.47. The molecule has 3 atom stereocenters. The monoisotopic (exact) mass is 269 g/mol. The Morgan fingerprint density at radius 3 is 2.74 bits per heavy atom. The molecule has 3 unspecified atom stereocenters. The van der Waals surface area contributed by atoms with Gasteiger partial charge in [-0.3, -0.25) is 0 Å². The van der Waals surface area contributed by atoms with E-state index in [2.05, 4.69) is 0 Å². The summed E-state index contributed by atoms with van der Waals surface area (Å²) in [7, 11) is 0. The van der Waals surface area contributed by atoms with E-state index in [1.54, 1.807) is 0 Å². The summed E-state index contributed by atoms with van der Waals surface area (Å²) in [5.74, 6) is 0.577. The number of ether oxygens (including phenoxy) is 3. The molecule has 1 aliphatic carbocycles. The van der Waals surface area contributed by atoms with Crippen LogP contribution < -0.4 is 5.73 Å². The van der Waals surface area contributed by atoms with E-state index >= 15 is 0 Å². The maximum Gasteiger partial charge on any atom is 0.0751 e. The molecule has 0 aromatic rings. The van der Waals surface area contributed by atoms with Crippen LogP contribution in [0, 0.1) is 5.92 Å². The summed E-state index contributed by atoms with van der Waals surface area (Å²) in [6.45, 7) is 3.28. The van der Waals surface area contributed by atoms with Crippen LogP contribution in [-0.2, 0) is 14.2 Å². The van der Waals surface area contributed by atoms with Crippen molar-refractivity contribution in [1.29, 1.82) is 0 Å². The second-order valence-electron chi connectivity index (χ2n) is 6.36. The average molecular weight is 269 g/mol. The van der Waals surface area contributed by atoms with Crippen molar-refractivity contribution in [3.63, 3.8) is 0 Å². The second kappa shape index (κ2) is 6.08. The van der Waals surface area contributed by atoms with Crippen molar-refractivity contribution in [2.45, 2.75) is 62.8 Å². The fraction of sp³-hybridized carbons (Fsp3) is 1.00. The standard InChI is InChI=1S/C15H27NO3/c16-11-12-2-1-3-14(12)19-13-4-7-18-15(10-13)5-8-17-9-6-15/h12-14H,1-11,16H2. The Kier molecular flexibility index (Phi) is 4.42. The minimum absolute atomic E-state index is 0.0397. The first kappa shape index (κ1) is 13.8. The van der Waals surface area contributed by atoms with Crippen LogP contribution >= 0.6 is 0 Å². The van der Waals surface area contributed by atoms with Gasteiger partial charge in [0, 0.05) is 26.2 Å². The maximum atomic E-state index is 6.38. The van der Waals surface area contributed by atoms with Gasteiger partial charge in [-0.1, -0.05) is 6.42 Å². The molecule has 2 N–H and O–H groups in total. The molecule has 1 saturated carbocycles. The molecule has 2 heterocycles. The quantitative estimate of drug-likeness (QED) is 0.849. The molecule has 4 nitrogen and oxygen atoms in total. The van der Waals surface area contributed by atoms with E-state index in [1.807, 2.05) is 0 Å². The van der Waals surface area contributed by atoms with E-state index in [9.17, 15) is 0 Å². The largest absolute Gasteiger partial charge is 0.381 e. The molecular formula is C15H27NO3. The summed E-state index contributed by atoms with van der Waals surface area (Å²) in [6, 6.07) is 0. The van der Waals surface area contributed by atoms with E-state index in [4.69, 9.17) is 19.9 Å². The minimum atomic E-state index is 0.0397. The molecule has 0 bridgehead atoms. The van der Waals surface area contributed by atoms with Crippen LogP contribution in [0.15, 0.2) is 0 Å². The first-order valence-electron chi connectivity index (χ1n) is 7.89. The van der Waals surface area contributed by atoms with Crippen molar-refractivity contribution in [3.05, 3.63) is 0 Å². The van der Waals surface area contributed by atoms with Gasteiger partial charge < -0.3 is 19.9 Å². The molecule has 0 aromatic carbocycles. The molecule has 19 heavy (non-hydrogen) atoms. The smallest absolute Gasteiger partial charge is 0.0751 e. The van der Waals surface area contributed by atoms with Gasteiger partial charge in [0.15, 0.2) is 0 Å². The summed E-state index contributed by atoms with van der Waals surface area (Å²) in [5, 5.41) is 0.